The summed E-state index contributed by atoms with van der Waals surface area (Å²) in [7, 11) is 1.57. The van der Waals surface area contributed by atoms with E-state index in [4.69, 9.17) is 10.5 Å². The highest BCUT2D eigenvalue weighted by molar-refractivity contribution is 5.42. The van der Waals surface area contributed by atoms with Crippen LogP contribution < -0.4 is 10.5 Å². The number of anilines is 1. The van der Waals surface area contributed by atoms with E-state index in [1.54, 1.807) is 31.4 Å². The first-order valence-electron chi connectivity index (χ1n) is 10.6. The third kappa shape index (κ3) is 5.07. The van der Waals surface area contributed by atoms with Gasteiger partial charge in [0.15, 0.2) is 5.95 Å². The highest BCUT2D eigenvalue weighted by Crippen LogP contribution is 2.36. The minimum Gasteiger partial charge on any atom is -0.497 e. The number of nitrogens with one attached hydrogen (secondary N) is 1. The molecule has 2 atom stereocenters. The van der Waals surface area contributed by atoms with Gasteiger partial charge in [-0.15, -0.1) is 0 Å². The van der Waals surface area contributed by atoms with Crippen LogP contribution in [-0.2, 0) is 12.6 Å². The van der Waals surface area contributed by atoms with E-state index in [-0.39, 0.29) is 11.9 Å². The van der Waals surface area contributed by atoms with Gasteiger partial charge in [-0.05, 0) is 47.4 Å². The Morgan fingerprint density at radius 3 is 2.18 bits per heavy atom. The zero-order valence-corrected chi connectivity index (χ0v) is 18.4. The summed E-state index contributed by atoms with van der Waals surface area (Å²) in [5, 5.41) is 11.1. The highest BCUT2D eigenvalue weighted by Gasteiger charge is 2.31. The molecular formula is C26H24F3N3O2. The Morgan fingerprint density at radius 1 is 0.941 bits per heavy atom. The van der Waals surface area contributed by atoms with Crippen LogP contribution in [0.1, 0.15) is 45.7 Å². The minimum atomic E-state index is -4.41. The lowest BCUT2D eigenvalue weighted by Crippen LogP contribution is -2.12. The zero-order chi connectivity index (χ0) is 24.3. The maximum absolute atomic E-state index is 13.0. The number of aliphatic hydroxyl groups excluding tert-OH is 1. The molecule has 4 N–H and O–H groups in total. The van der Waals surface area contributed by atoms with Gasteiger partial charge in [0.1, 0.15) is 11.9 Å². The fraction of sp³-hybridized carbons (Fsp3) is 0.192. The molecule has 0 aliphatic heterocycles. The van der Waals surface area contributed by atoms with E-state index in [9.17, 15) is 18.3 Å². The summed E-state index contributed by atoms with van der Waals surface area (Å²) in [5.41, 5.74) is 8.46. The molecule has 0 aliphatic rings. The molecule has 1 aromatic heterocycles. The van der Waals surface area contributed by atoms with Gasteiger partial charge in [0.2, 0.25) is 0 Å². The first-order valence-corrected chi connectivity index (χ1v) is 10.6. The van der Waals surface area contributed by atoms with Crippen molar-refractivity contribution in [2.24, 2.45) is 0 Å². The van der Waals surface area contributed by atoms with E-state index >= 15 is 0 Å². The molecule has 2 unspecified atom stereocenters. The number of halogens is 3. The molecule has 4 aromatic rings. The summed E-state index contributed by atoms with van der Waals surface area (Å²) in [5.74, 6) is 0.429. The molecule has 0 saturated heterocycles. The average molecular weight is 467 g/mol. The van der Waals surface area contributed by atoms with Gasteiger partial charge in [0.05, 0.1) is 24.1 Å². The van der Waals surface area contributed by atoms with Crippen molar-refractivity contribution in [1.82, 2.24) is 9.97 Å². The van der Waals surface area contributed by atoms with Gasteiger partial charge in [-0.2, -0.15) is 13.2 Å². The maximum atomic E-state index is 13.0. The number of aromatic amines is 1. The van der Waals surface area contributed by atoms with Gasteiger partial charge in [-0.25, -0.2) is 4.98 Å². The number of ether oxygens (including phenoxy) is 1. The average Bonchev–Trinajstić information content (AvgIpc) is 3.23. The molecule has 0 radical (unpaired) electrons. The highest BCUT2D eigenvalue weighted by atomic mass is 19.4. The Balaban J connectivity index is 1.76. The molecule has 3 aromatic carbocycles. The standard InChI is InChI=1S/C26H24F3N3O2/c1-34-20-13-9-17(10-14-20)21(15-16-7-11-19(12-8-16)26(27,28)29)22-23(32-25(30)31-22)24(33)18-5-3-2-4-6-18/h2-14,21,24,33H,15H2,1H3,(H3,30,31,32). The van der Waals surface area contributed by atoms with Gasteiger partial charge in [-0.1, -0.05) is 54.6 Å². The first kappa shape index (κ1) is 23.4. The lowest BCUT2D eigenvalue weighted by molar-refractivity contribution is -0.137. The molecule has 176 valence electrons. The molecule has 0 amide bonds. The van der Waals surface area contributed by atoms with Crippen LogP contribution in [0.5, 0.6) is 5.75 Å². The topological polar surface area (TPSA) is 84.2 Å². The number of nitrogens with zero attached hydrogens (tertiary/aromatic N) is 1. The Bertz CT molecular complexity index is 1220. The third-order valence-corrected chi connectivity index (χ3v) is 5.74. The van der Waals surface area contributed by atoms with Crippen molar-refractivity contribution < 1.29 is 23.0 Å². The Morgan fingerprint density at radius 2 is 1.59 bits per heavy atom. The van der Waals surface area contributed by atoms with Crippen LogP contribution in [0.15, 0.2) is 78.9 Å². The van der Waals surface area contributed by atoms with Crippen molar-refractivity contribution in [2.45, 2.75) is 24.6 Å². The van der Waals surface area contributed by atoms with Crippen LogP contribution in [0.25, 0.3) is 0 Å². The Hall–Kier alpha value is -3.78. The first-order chi connectivity index (χ1) is 16.3. The third-order valence-electron chi connectivity index (χ3n) is 5.74. The molecule has 0 saturated carbocycles. The number of imidazole rings is 1. The van der Waals surface area contributed by atoms with E-state index < -0.39 is 17.8 Å². The predicted octanol–water partition coefficient (Wildman–Crippen LogP) is 5.48. The van der Waals surface area contributed by atoms with Crippen LogP contribution in [0.4, 0.5) is 19.1 Å². The molecular weight excluding hydrogens is 443 g/mol. The number of nitrogen functional groups attached to an aromatic ring is 1. The summed E-state index contributed by atoms with van der Waals surface area (Å²) >= 11 is 0. The fourth-order valence-corrected chi connectivity index (χ4v) is 3.97. The second-order valence-electron chi connectivity index (χ2n) is 7.96. The number of aliphatic hydroxyl groups is 1. The predicted molar refractivity (Wildman–Crippen MR) is 123 cm³/mol. The quantitative estimate of drug-likeness (QED) is 0.336. The molecule has 0 aliphatic carbocycles. The van der Waals surface area contributed by atoms with Crippen molar-refractivity contribution in [3.63, 3.8) is 0 Å². The number of rotatable bonds is 7. The monoisotopic (exact) mass is 467 g/mol. The van der Waals surface area contributed by atoms with Crippen LogP contribution in [0.3, 0.4) is 0 Å². The van der Waals surface area contributed by atoms with Crippen molar-refractivity contribution in [3.05, 3.63) is 113 Å². The fourth-order valence-electron chi connectivity index (χ4n) is 3.97. The van der Waals surface area contributed by atoms with Gasteiger partial charge >= 0.3 is 6.18 Å². The second-order valence-corrected chi connectivity index (χ2v) is 7.96. The van der Waals surface area contributed by atoms with Crippen molar-refractivity contribution >= 4 is 5.95 Å². The van der Waals surface area contributed by atoms with Crippen LogP contribution >= 0.6 is 0 Å². The number of aromatic nitrogens is 2. The summed E-state index contributed by atoms with van der Waals surface area (Å²) in [6.07, 6.45) is -5.06. The Labute approximate surface area is 195 Å². The number of benzene rings is 3. The number of methoxy groups -OCH3 is 1. The van der Waals surface area contributed by atoms with E-state index in [2.05, 4.69) is 9.97 Å². The molecule has 34 heavy (non-hydrogen) atoms. The second kappa shape index (κ2) is 9.61. The summed E-state index contributed by atoms with van der Waals surface area (Å²) in [4.78, 5) is 7.45. The van der Waals surface area contributed by atoms with Gasteiger partial charge in [0, 0.05) is 5.92 Å². The Kier molecular flexibility index (Phi) is 6.61. The smallest absolute Gasteiger partial charge is 0.416 e. The normalized spacial score (nSPS) is 13.4. The lowest BCUT2D eigenvalue weighted by atomic mass is 9.86. The number of H-pyrrole nitrogens is 1. The summed E-state index contributed by atoms with van der Waals surface area (Å²) < 4.78 is 44.3. The van der Waals surface area contributed by atoms with E-state index in [0.29, 0.717) is 34.7 Å². The number of nitrogens with two attached hydrogens (primary N) is 1. The molecule has 8 heteroatoms. The van der Waals surface area contributed by atoms with E-state index in [1.165, 1.54) is 12.1 Å². The number of hydrogen-bond donors (Lipinski definition) is 3. The van der Waals surface area contributed by atoms with Gasteiger partial charge in [0.25, 0.3) is 0 Å². The number of alkyl halides is 3. The molecule has 0 spiro atoms. The van der Waals surface area contributed by atoms with Crippen LogP contribution in [0.2, 0.25) is 0 Å². The molecule has 5 nitrogen and oxygen atoms in total. The van der Waals surface area contributed by atoms with Crippen LogP contribution in [0, 0.1) is 0 Å². The van der Waals surface area contributed by atoms with Gasteiger partial charge in [-0.3, -0.25) is 0 Å². The lowest BCUT2D eigenvalue weighted by Gasteiger charge is -2.20. The maximum Gasteiger partial charge on any atom is 0.416 e. The number of hydrogen-bond acceptors (Lipinski definition) is 4. The molecule has 0 bridgehead atoms. The SMILES string of the molecule is COc1ccc(C(Cc2ccc(C(F)(F)F)cc2)c2nc(N)[nH]c2C(O)c2ccccc2)cc1. The minimum absolute atomic E-state index is 0.144. The summed E-state index contributed by atoms with van der Waals surface area (Å²) in [6, 6.07) is 21.5. The summed E-state index contributed by atoms with van der Waals surface area (Å²) in [6.45, 7) is 0. The molecule has 4 rings (SSSR count). The van der Waals surface area contributed by atoms with Crippen LogP contribution in [-0.4, -0.2) is 22.2 Å². The van der Waals surface area contributed by atoms with Crippen molar-refractivity contribution in [3.8, 4) is 5.75 Å². The van der Waals surface area contributed by atoms with Crippen molar-refractivity contribution in [1.29, 1.82) is 0 Å². The molecule has 1 heterocycles. The van der Waals surface area contributed by atoms with E-state index in [0.717, 1.165) is 17.7 Å². The largest absolute Gasteiger partial charge is 0.497 e. The van der Waals surface area contributed by atoms with Gasteiger partial charge < -0.3 is 20.6 Å². The van der Waals surface area contributed by atoms with E-state index in [1.807, 2.05) is 30.3 Å². The van der Waals surface area contributed by atoms with Crippen molar-refractivity contribution in [2.75, 3.05) is 12.8 Å². The zero-order valence-electron chi connectivity index (χ0n) is 18.4. The molecule has 0 fully saturated rings.